The Morgan fingerprint density at radius 1 is 1.08 bits per heavy atom. The van der Waals surface area contributed by atoms with Crippen molar-refractivity contribution >= 4 is 11.6 Å². The van der Waals surface area contributed by atoms with Crippen molar-refractivity contribution in [1.82, 2.24) is 20.0 Å². The van der Waals surface area contributed by atoms with E-state index in [-0.39, 0.29) is 11.7 Å². The van der Waals surface area contributed by atoms with Crippen molar-refractivity contribution in [2.24, 2.45) is 0 Å². The van der Waals surface area contributed by atoms with E-state index in [0.29, 0.717) is 10.7 Å². The van der Waals surface area contributed by atoms with Gasteiger partial charge < -0.3 is 4.74 Å². The number of benzene rings is 1. The zero-order chi connectivity index (χ0) is 18.0. The molecule has 0 bridgehead atoms. The SMILES string of the molecule is CC(c1ccc(OC(F)(F)F)cc1)c1c(Cl)cncc1-n1nccn1. The van der Waals surface area contributed by atoms with Crippen LogP contribution in [0.25, 0.3) is 5.69 Å². The van der Waals surface area contributed by atoms with Gasteiger partial charge in [-0.1, -0.05) is 30.7 Å². The van der Waals surface area contributed by atoms with Crippen LogP contribution in [0.5, 0.6) is 5.75 Å². The van der Waals surface area contributed by atoms with E-state index in [0.717, 1.165) is 11.1 Å². The molecule has 0 amide bonds. The molecule has 9 heteroatoms. The molecule has 0 spiro atoms. The standard InChI is InChI=1S/C16H12ClF3N4O/c1-10(11-2-4-12(5-3-11)25-16(18,19)20)15-13(17)8-21-9-14(15)24-22-6-7-23-24/h2-10H,1H3. The molecular weight excluding hydrogens is 357 g/mol. The highest BCUT2D eigenvalue weighted by Crippen LogP contribution is 2.34. The molecule has 0 aliphatic rings. The fourth-order valence-electron chi connectivity index (χ4n) is 2.49. The molecule has 0 N–H and O–H groups in total. The first kappa shape index (κ1) is 17.2. The predicted molar refractivity (Wildman–Crippen MR) is 84.8 cm³/mol. The molecule has 3 aromatic rings. The van der Waals surface area contributed by atoms with Crippen LogP contribution >= 0.6 is 11.6 Å². The van der Waals surface area contributed by atoms with E-state index in [4.69, 9.17) is 11.6 Å². The summed E-state index contributed by atoms with van der Waals surface area (Å²) in [7, 11) is 0. The normalized spacial score (nSPS) is 12.8. The number of nitrogens with zero attached hydrogens (tertiary/aromatic N) is 4. The van der Waals surface area contributed by atoms with E-state index in [9.17, 15) is 13.2 Å². The Morgan fingerprint density at radius 2 is 1.72 bits per heavy atom. The lowest BCUT2D eigenvalue weighted by Gasteiger charge is -2.18. The van der Waals surface area contributed by atoms with Crippen LogP contribution in [0.3, 0.4) is 0 Å². The second kappa shape index (κ2) is 6.72. The first-order valence-electron chi connectivity index (χ1n) is 7.21. The molecule has 1 atom stereocenters. The maximum atomic E-state index is 12.3. The summed E-state index contributed by atoms with van der Waals surface area (Å²) < 4.78 is 40.7. The van der Waals surface area contributed by atoms with E-state index in [1.54, 1.807) is 18.3 Å². The Hall–Kier alpha value is -2.61. The number of rotatable bonds is 4. The van der Waals surface area contributed by atoms with Gasteiger partial charge in [0.15, 0.2) is 0 Å². The van der Waals surface area contributed by atoms with Gasteiger partial charge in [-0.05, 0) is 17.7 Å². The van der Waals surface area contributed by atoms with Crippen molar-refractivity contribution in [3.8, 4) is 11.4 Å². The van der Waals surface area contributed by atoms with Crippen molar-refractivity contribution in [3.05, 3.63) is 65.2 Å². The lowest BCUT2D eigenvalue weighted by atomic mass is 9.92. The minimum absolute atomic E-state index is 0.226. The molecule has 0 fully saturated rings. The minimum atomic E-state index is -4.72. The van der Waals surface area contributed by atoms with E-state index in [1.165, 1.54) is 35.5 Å². The molecule has 0 saturated heterocycles. The Morgan fingerprint density at radius 3 is 2.32 bits per heavy atom. The lowest BCUT2D eigenvalue weighted by Crippen LogP contribution is -2.17. The predicted octanol–water partition coefficient (Wildman–Crippen LogP) is 4.37. The van der Waals surface area contributed by atoms with E-state index in [2.05, 4.69) is 19.9 Å². The summed E-state index contributed by atoms with van der Waals surface area (Å²) in [5.41, 5.74) is 2.08. The van der Waals surface area contributed by atoms with Crippen LogP contribution in [-0.4, -0.2) is 26.3 Å². The molecule has 2 aromatic heterocycles. The van der Waals surface area contributed by atoms with Crippen LogP contribution < -0.4 is 4.74 Å². The van der Waals surface area contributed by atoms with Crippen LogP contribution in [0.4, 0.5) is 13.2 Å². The molecule has 1 unspecified atom stereocenters. The van der Waals surface area contributed by atoms with Gasteiger partial charge in [-0.15, -0.1) is 18.0 Å². The Labute approximate surface area is 146 Å². The zero-order valence-corrected chi connectivity index (χ0v) is 13.7. The van der Waals surface area contributed by atoms with Gasteiger partial charge in [0, 0.05) is 17.7 Å². The molecule has 25 heavy (non-hydrogen) atoms. The number of hydrogen-bond donors (Lipinski definition) is 0. The van der Waals surface area contributed by atoms with Gasteiger partial charge in [0.05, 0.1) is 23.6 Å². The van der Waals surface area contributed by atoms with E-state index >= 15 is 0 Å². The summed E-state index contributed by atoms with van der Waals surface area (Å²) in [5.74, 6) is -0.505. The maximum Gasteiger partial charge on any atom is 0.573 e. The molecule has 2 heterocycles. The first-order chi connectivity index (χ1) is 11.8. The Balaban J connectivity index is 1.95. The fraction of sp³-hybridized carbons (Fsp3) is 0.188. The summed E-state index contributed by atoms with van der Waals surface area (Å²) in [6, 6.07) is 5.64. The molecular formula is C16H12ClF3N4O. The fourth-order valence-corrected chi connectivity index (χ4v) is 2.80. The number of halogens is 4. The highest BCUT2D eigenvalue weighted by atomic mass is 35.5. The topological polar surface area (TPSA) is 52.8 Å². The van der Waals surface area contributed by atoms with Gasteiger partial charge in [0.2, 0.25) is 0 Å². The quantitative estimate of drug-likeness (QED) is 0.686. The van der Waals surface area contributed by atoms with Gasteiger partial charge in [0.1, 0.15) is 11.4 Å². The molecule has 0 radical (unpaired) electrons. The van der Waals surface area contributed by atoms with Crippen molar-refractivity contribution in [2.45, 2.75) is 19.2 Å². The van der Waals surface area contributed by atoms with Gasteiger partial charge >= 0.3 is 6.36 Å². The van der Waals surface area contributed by atoms with E-state index in [1.807, 2.05) is 6.92 Å². The molecule has 0 saturated carbocycles. The van der Waals surface area contributed by atoms with Crippen molar-refractivity contribution < 1.29 is 17.9 Å². The molecule has 5 nitrogen and oxygen atoms in total. The molecule has 0 aliphatic heterocycles. The number of hydrogen-bond acceptors (Lipinski definition) is 4. The molecule has 1 aromatic carbocycles. The van der Waals surface area contributed by atoms with Gasteiger partial charge in [0.25, 0.3) is 0 Å². The van der Waals surface area contributed by atoms with Crippen LogP contribution in [0.2, 0.25) is 5.02 Å². The smallest absolute Gasteiger partial charge is 0.406 e. The second-order valence-electron chi connectivity index (χ2n) is 5.21. The van der Waals surface area contributed by atoms with Crippen molar-refractivity contribution in [2.75, 3.05) is 0 Å². The highest BCUT2D eigenvalue weighted by molar-refractivity contribution is 6.31. The number of ether oxygens (including phenoxy) is 1. The lowest BCUT2D eigenvalue weighted by molar-refractivity contribution is -0.274. The number of aromatic nitrogens is 4. The van der Waals surface area contributed by atoms with Gasteiger partial charge in [-0.25, -0.2) is 0 Å². The summed E-state index contributed by atoms with van der Waals surface area (Å²) in [6.07, 6.45) is 1.41. The van der Waals surface area contributed by atoms with Crippen LogP contribution in [0.15, 0.2) is 49.1 Å². The largest absolute Gasteiger partial charge is 0.573 e. The minimum Gasteiger partial charge on any atom is -0.406 e. The third-order valence-electron chi connectivity index (χ3n) is 3.60. The van der Waals surface area contributed by atoms with Crippen molar-refractivity contribution in [3.63, 3.8) is 0 Å². The summed E-state index contributed by atoms with van der Waals surface area (Å²) in [5, 5.41) is 8.58. The van der Waals surface area contributed by atoms with Gasteiger partial charge in [-0.3, -0.25) is 4.98 Å². The van der Waals surface area contributed by atoms with Crippen LogP contribution in [0.1, 0.15) is 24.0 Å². The van der Waals surface area contributed by atoms with E-state index < -0.39 is 6.36 Å². The Kier molecular flexibility index (Phi) is 4.63. The van der Waals surface area contributed by atoms with Crippen LogP contribution in [-0.2, 0) is 0 Å². The summed E-state index contributed by atoms with van der Waals surface area (Å²) >= 11 is 6.30. The molecule has 130 valence electrons. The molecule has 0 aliphatic carbocycles. The summed E-state index contributed by atoms with van der Waals surface area (Å²) in [4.78, 5) is 5.45. The molecule has 3 rings (SSSR count). The third kappa shape index (κ3) is 3.90. The zero-order valence-electron chi connectivity index (χ0n) is 12.9. The summed E-state index contributed by atoms with van der Waals surface area (Å²) in [6.45, 7) is 1.88. The number of pyridine rings is 1. The van der Waals surface area contributed by atoms with Crippen LogP contribution in [0, 0.1) is 0 Å². The average Bonchev–Trinajstić information content (AvgIpc) is 3.07. The number of alkyl halides is 3. The highest BCUT2D eigenvalue weighted by Gasteiger charge is 2.31. The third-order valence-corrected chi connectivity index (χ3v) is 3.90. The van der Waals surface area contributed by atoms with Gasteiger partial charge in [-0.2, -0.15) is 10.2 Å². The van der Waals surface area contributed by atoms with Crippen molar-refractivity contribution in [1.29, 1.82) is 0 Å². The second-order valence-corrected chi connectivity index (χ2v) is 5.62. The first-order valence-corrected chi connectivity index (χ1v) is 7.59. The Bertz CT molecular complexity index is 851. The monoisotopic (exact) mass is 368 g/mol. The average molecular weight is 369 g/mol. The maximum absolute atomic E-state index is 12.3.